The van der Waals surface area contributed by atoms with Gasteiger partial charge in [0.25, 0.3) is 0 Å². The molecule has 1 atom stereocenters. The quantitative estimate of drug-likeness (QED) is 0.849. The van der Waals surface area contributed by atoms with Crippen LogP contribution in [0.2, 0.25) is 0 Å². The summed E-state index contributed by atoms with van der Waals surface area (Å²) in [5, 5.41) is 2.99. The number of amides is 2. The smallest absolute Gasteiger partial charge is 0.229 e. The van der Waals surface area contributed by atoms with Crippen molar-refractivity contribution in [3.63, 3.8) is 0 Å². The second kappa shape index (κ2) is 8.27. The second-order valence-corrected chi connectivity index (χ2v) is 8.45. The second-order valence-electron chi connectivity index (χ2n) is 8.45. The summed E-state index contributed by atoms with van der Waals surface area (Å²) in [5.41, 5.74) is 4.00. The third-order valence-electron chi connectivity index (χ3n) is 6.13. The van der Waals surface area contributed by atoms with Gasteiger partial charge in [-0.05, 0) is 62.1 Å². The van der Waals surface area contributed by atoms with Gasteiger partial charge in [-0.1, -0.05) is 24.6 Å². The largest absolute Gasteiger partial charge is 0.372 e. The van der Waals surface area contributed by atoms with Gasteiger partial charge in [-0.25, -0.2) is 0 Å². The molecule has 5 heteroatoms. The number of hydrogen-bond acceptors (Lipinski definition) is 3. The first kappa shape index (κ1) is 19.5. The molecule has 0 aromatic heterocycles. The zero-order valence-electron chi connectivity index (χ0n) is 17.2. The van der Waals surface area contributed by atoms with E-state index in [0.29, 0.717) is 6.54 Å². The van der Waals surface area contributed by atoms with E-state index in [1.165, 1.54) is 18.5 Å². The summed E-state index contributed by atoms with van der Waals surface area (Å²) < 4.78 is 0. The maximum absolute atomic E-state index is 12.7. The predicted octanol–water partition coefficient (Wildman–Crippen LogP) is 4.22. The van der Waals surface area contributed by atoms with Crippen molar-refractivity contribution in [2.45, 2.75) is 33.1 Å². The third-order valence-corrected chi connectivity index (χ3v) is 6.13. The molecule has 0 aliphatic carbocycles. The number of anilines is 3. The number of aryl methyl sites for hydroxylation is 1. The summed E-state index contributed by atoms with van der Waals surface area (Å²) in [6.45, 7) is 6.93. The normalized spacial score (nSPS) is 20.2. The number of nitrogens with zero attached hydrogens (tertiary/aromatic N) is 2. The summed E-state index contributed by atoms with van der Waals surface area (Å²) in [7, 11) is 0. The van der Waals surface area contributed by atoms with Crippen molar-refractivity contribution in [2.24, 2.45) is 11.8 Å². The van der Waals surface area contributed by atoms with Crippen molar-refractivity contribution in [3.05, 3.63) is 54.1 Å². The van der Waals surface area contributed by atoms with Crippen LogP contribution in [0.15, 0.2) is 48.5 Å². The number of piperidine rings is 1. The molecule has 2 fully saturated rings. The van der Waals surface area contributed by atoms with Crippen LogP contribution in [0.4, 0.5) is 17.1 Å². The molecule has 2 heterocycles. The summed E-state index contributed by atoms with van der Waals surface area (Å²) >= 11 is 0. The van der Waals surface area contributed by atoms with E-state index >= 15 is 0 Å². The number of carbonyl (C=O) groups excluding carboxylic acids is 2. The number of nitrogens with one attached hydrogen (secondary N) is 1. The molecule has 5 nitrogen and oxygen atoms in total. The van der Waals surface area contributed by atoms with Crippen molar-refractivity contribution < 1.29 is 9.59 Å². The van der Waals surface area contributed by atoms with Gasteiger partial charge in [-0.2, -0.15) is 0 Å². The molecule has 2 saturated heterocycles. The first-order valence-electron chi connectivity index (χ1n) is 10.5. The molecule has 2 aliphatic heterocycles. The Labute approximate surface area is 172 Å². The Morgan fingerprint density at radius 2 is 1.59 bits per heavy atom. The van der Waals surface area contributed by atoms with Gasteiger partial charge in [0.2, 0.25) is 11.8 Å². The molecule has 152 valence electrons. The lowest BCUT2D eigenvalue weighted by molar-refractivity contribution is -0.122. The Morgan fingerprint density at radius 1 is 0.966 bits per heavy atom. The van der Waals surface area contributed by atoms with Gasteiger partial charge in [0.15, 0.2) is 0 Å². The fourth-order valence-corrected chi connectivity index (χ4v) is 4.12. The van der Waals surface area contributed by atoms with Gasteiger partial charge < -0.3 is 15.1 Å². The van der Waals surface area contributed by atoms with Crippen molar-refractivity contribution in [1.82, 2.24) is 0 Å². The van der Waals surface area contributed by atoms with Crippen LogP contribution < -0.4 is 15.1 Å². The Hall–Kier alpha value is -2.82. The van der Waals surface area contributed by atoms with Gasteiger partial charge in [-0.3, -0.25) is 9.59 Å². The highest BCUT2D eigenvalue weighted by Crippen LogP contribution is 2.27. The van der Waals surface area contributed by atoms with Crippen LogP contribution in [-0.2, 0) is 9.59 Å². The summed E-state index contributed by atoms with van der Waals surface area (Å²) in [6, 6.07) is 15.9. The number of hydrogen-bond donors (Lipinski definition) is 1. The Bertz CT molecular complexity index is 868. The third kappa shape index (κ3) is 4.44. The molecule has 4 rings (SSSR count). The van der Waals surface area contributed by atoms with E-state index in [-0.39, 0.29) is 24.2 Å². The van der Waals surface area contributed by atoms with Gasteiger partial charge in [0, 0.05) is 43.1 Å². The Kier molecular flexibility index (Phi) is 5.56. The predicted molar refractivity (Wildman–Crippen MR) is 117 cm³/mol. The molecule has 0 spiro atoms. The maximum atomic E-state index is 12.7. The van der Waals surface area contributed by atoms with E-state index in [1.807, 2.05) is 43.3 Å². The van der Waals surface area contributed by atoms with Crippen LogP contribution >= 0.6 is 0 Å². The van der Waals surface area contributed by atoms with Crippen molar-refractivity contribution in [3.8, 4) is 0 Å². The summed E-state index contributed by atoms with van der Waals surface area (Å²) in [4.78, 5) is 29.2. The van der Waals surface area contributed by atoms with E-state index < -0.39 is 0 Å². The first-order valence-corrected chi connectivity index (χ1v) is 10.5. The van der Waals surface area contributed by atoms with E-state index in [4.69, 9.17) is 0 Å². The molecule has 1 unspecified atom stereocenters. The zero-order chi connectivity index (χ0) is 20.4. The highest BCUT2D eigenvalue weighted by atomic mass is 16.2. The average Bonchev–Trinajstić information content (AvgIpc) is 3.12. The highest BCUT2D eigenvalue weighted by Gasteiger charge is 2.35. The minimum Gasteiger partial charge on any atom is -0.372 e. The molecule has 0 saturated carbocycles. The Morgan fingerprint density at radius 3 is 2.24 bits per heavy atom. The SMILES string of the molecule is Cc1ccc(N2CC(C(=O)Nc3ccc(N4CCC(C)CC4)cc3)CC2=O)cc1. The molecule has 0 radical (unpaired) electrons. The van der Waals surface area contributed by atoms with Crippen LogP contribution in [0, 0.1) is 18.8 Å². The van der Waals surface area contributed by atoms with Gasteiger partial charge in [0.1, 0.15) is 0 Å². The average molecular weight is 392 g/mol. The fourth-order valence-electron chi connectivity index (χ4n) is 4.12. The van der Waals surface area contributed by atoms with Crippen molar-refractivity contribution in [2.75, 3.05) is 34.8 Å². The van der Waals surface area contributed by atoms with E-state index in [0.717, 1.165) is 35.9 Å². The van der Waals surface area contributed by atoms with E-state index in [1.54, 1.807) is 4.90 Å². The van der Waals surface area contributed by atoms with Gasteiger partial charge in [-0.15, -0.1) is 0 Å². The van der Waals surface area contributed by atoms with Crippen LogP contribution in [0.25, 0.3) is 0 Å². The summed E-state index contributed by atoms with van der Waals surface area (Å²) in [5.74, 6) is 0.390. The molecular weight excluding hydrogens is 362 g/mol. The number of rotatable bonds is 4. The molecular formula is C24H29N3O2. The molecule has 2 aromatic carbocycles. The highest BCUT2D eigenvalue weighted by molar-refractivity contribution is 6.03. The van der Waals surface area contributed by atoms with E-state index in [2.05, 4.69) is 29.3 Å². The number of benzene rings is 2. The van der Waals surface area contributed by atoms with Crippen molar-refractivity contribution >= 4 is 28.9 Å². The zero-order valence-corrected chi connectivity index (χ0v) is 17.2. The first-order chi connectivity index (χ1) is 14.0. The fraction of sp³-hybridized carbons (Fsp3) is 0.417. The molecule has 2 aliphatic rings. The molecule has 2 amide bonds. The molecule has 1 N–H and O–H groups in total. The monoisotopic (exact) mass is 391 g/mol. The van der Waals surface area contributed by atoms with E-state index in [9.17, 15) is 9.59 Å². The van der Waals surface area contributed by atoms with Gasteiger partial charge in [0.05, 0.1) is 5.92 Å². The summed E-state index contributed by atoms with van der Waals surface area (Å²) in [6.07, 6.45) is 2.71. The van der Waals surface area contributed by atoms with Crippen molar-refractivity contribution in [1.29, 1.82) is 0 Å². The maximum Gasteiger partial charge on any atom is 0.229 e. The standard InChI is InChI=1S/C24H29N3O2/c1-17-3-7-22(8-4-17)27-16-19(15-23(27)28)24(29)25-20-5-9-21(10-6-20)26-13-11-18(2)12-14-26/h3-10,18-19H,11-16H2,1-2H3,(H,25,29). The van der Waals surface area contributed by atoms with Crippen LogP contribution in [0.3, 0.4) is 0 Å². The van der Waals surface area contributed by atoms with Crippen LogP contribution in [0.1, 0.15) is 31.7 Å². The lowest BCUT2D eigenvalue weighted by atomic mass is 9.99. The van der Waals surface area contributed by atoms with Crippen LogP contribution in [0.5, 0.6) is 0 Å². The van der Waals surface area contributed by atoms with Gasteiger partial charge >= 0.3 is 0 Å². The molecule has 0 bridgehead atoms. The minimum absolute atomic E-state index is 0.00341. The van der Waals surface area contributed by atoms with Crippen LogP contribution in [-0.4, -0.2) is 31.4 Å². The molecule has 2 aromatic rings. The molecule has 29 heavy (non-hydrogen) atoms. The number of carbonyl (C=O) groups is 2. The lowest BCUT2D eigenvalue weighted by Crippen LogP contribution is -2.32. The minimum atomic E-state index is -0.327. The lowest BCUT2D eigenvalue weighted by Gasteiger charge is -2.32. The topological polar surface area (TPSA) is 52.7 Å². The Balaban J connectivity index is 1.35.